The molecule has 3 aromatic rings. The molecule has 104 valence electrons. The lowest BCUT2D eigenvalue weighted by atomic mass is 9.87. The molecule has 1 unspecified atom stereocenters. The molecule has 0 radical (unpaired) electrons. The van der Waals surface area contributed by atoms with Gasteiger partial charge in [0.1, 0.15) is 0 Å². The largest absolute Gasteiger partial charge is 0.295 e. The number of ketones is 1. The van der Waals surface area contributed by atoms with Crippen molar-refractivity contribution in [3.8, 4) is 0 Å². The Hall–Kier alpha value is -2.41. The van der Waals surface area contributed by atoms with E-state index in [0.717, 1.165) is 11.1 Å². The number of carbonyl (C=O) groups is 1. The Labute approximate surface area is 125 Å². The van der Waals surface area contributed by atoms with E-state index in [-0.39, 0.29) is 11.7 Å². The van der Waals surface area contributed by atoms with Crippen LogP contribution >= 0.6 is 0 Å². The van der Waals surface area contributed by atoms with Crippen molar-refractivity contribution in [2.75, 3.05) is 0 Å². The van der Waals surface area contributed by atoms with Crippen LogP contribution in [-0.2, 0) is 0 Å². The van der Waals surface area contributed by atoms with E-state index in [2.05, 4.69) is 55.5 Å². The minimum absolute atomic E-state index is 0.123. The van der Waals surface area contributed by atoms with Gasteiger partial charge >= 0.3 is 0 Å². The van der Waals surface area contributed by atoms with E-state index in [4.69, 9.17) is 0 Å². The van der Waals surface area contributed by atoms with E-state index in [1.165, 1.54) is 16.3 Å². The van der Waals surface area contributed by atoms with Crippen LogP contribution in [0.15, 0.2) is 66.7 Å². The summed E-state index contributed by atoms with van der Waals surface area (Å²) in [6, 6.07) is 22.8. The van der Waals surface area contributed by atoms with Crippen LogP contribution in [0.2, 0.25) is 0 Å². The van der Waals surface area contributed by atoms with Gasteiger partial charge in [0.25, 0.3) is 0 Å². The van der Waals surface area contributed by atoms with Crippen LogP contribution in [0.3, 0.4) is 0 Å². The molecular weight excluding hydrogens is 256 g/mol. The van der Waals surface area contributed by atoms with Crippen LogP contribution in [0.4, 0.5) is 0 Å². The standard InChI is InChI=1S/C20H18O/c1-14(19-9-5-6-10-20(19)15(2)21)17-12-11-16-7-3-4-8-18(16)13-17/h3-14H,1-2H3. The molecule has 0 bridgehead atoms. The summed E-state index contributed by atoms with van der Waals surface area (Å²) in [6.07, 6.45) is 0. The molecule has 3 rings (SSSR count). The van der Waals surface area contributed by atoms with Crippen molar-refractivity contribution in [3.05, 3.63) is 83.4 Å². The second-order valence-corrected chi connectivity index (χ2v) is 5.47. The average molecular weight is 274 g/mol. The molecule has 0 fully saturated rings. The Morgan fingerprint density at radius 1 is 0.857 bits per heavy atom. The zero-order chi connectivity index (χ0) is 14.8. The first kappa shape index (κ1) is 13.6. The lowest BCUT2D eigenvalue weighted by Crippen LogP contribution is -2.04. The summed E-state index contributed by atoms with van der Waals surface area (Å²) in [6.45, 7) is 3.79. The molecular formula is C20H18O. The molecule has 0 saturated heterocycles. The predicted molar refractivity (Wildman–Crippen MR) is 87.9 cm³/mol. The van der Waals surface area contributed by atoms with E-state index in [1.807, 2.05) is 18.2 Å². The third-order valence-electron chi connectivity index (χ3n) is 4.08. The highest BCUT2D eigenvalue weighted by atomic mass is 16.1. The van der Waals surface area contributed by atoms with Crippen molar-refractivity contribution in [2.24, 2.45) is 0 Å². The van der Waals surface area contributed by atoms with Crippen molar-refractivity contribution in [3.63, 3.8) is 0 Å². The van der Waals surface area contributed by atoms with Gasteiger partial charge < -0.3 is 0 Å². The predicted octanol–water partition coefficient (Wildman–Crippen LogP) is 5.19. The second kappa shape index (κ2) is 5.53. The van der Waals surface area contributed by atoms with Gasteiger partial charge in [-0.1, -0.05) is 73.7 Å². The number of benzene rings is 3. The molecule has 21 heavy (non-hydrogen) atoms. The average Bonchev–Trinajstić information content (AvgIpc) is 2.53. The summed E-state index contributed by atoms with van der Waals surface area (Å²) in [5, 5.41) is 2.48. The first-order valence-corrected chi connectivity index (χ1v) is 7.25. The van der Waals surface area contributed by atoms with Crippen molar-refractivity contribution >= 4 is 16.6 Å². The molecule has 0 N–H and O–H groups in total. The van der Waals surface area contributed by atoms with Crippen LogP contribution in [-0.4, -0.2) is 5.78 Å². The first-order chi connectivity index (χ1) is 10.2. The highest BCUT2D eigenvalue weighted by molar-refractivity contribution is 5.96. The van der Waals surface area contributed by atoms with E-state index >= 15 is 0 Å². The quantitative estimate of drug-likeness (QED) is 0.600. The fourth-order valence-corrected chi connectivity index (χ4v) is 2.85. The lowest BCUT2D eigenvalue weighted by molar-refractivity contribution is 0.101. The topological polar surface area (TPSA) is 17.1 Å². The van der Waals surface area contributed by atoms with Gasteiger partial charge in [-0.2, -0.15) is 0 Å². The molecule has 3 aromatic carbocycles. The molecule has 0 aromatic heterocycles. The molecule has 0 saturated carbocycles. The van der Waals surface area contributed by atoms with E-state index < -0.39 is 0 Å². The van der Waals surface area contributed by atoms with Gasteiger partial charge in [-0.25, -0.2) is 0 Å². The molecule has 1 nitrogen and oxygen atoms in total. The molecule has 0 spiro atoms. The minimum Gasteiger partial charge on any atom is -0.295 e. The monoisotopic (exact) mass is 274 g/mol. The van der Waals surface area contributed by atoms with Crippen molar-refractivity contribution in [1.82, 2.24) is 0 Å². The Kier molecular flexibility index (Phi) is 3.57. The minimum atomic E-state index is 0.123. The van der Waals surface area contributed by atoms with Gasteiger partial charge in [-0.05, 0) is 28.8 Å². The third-order valence-corrected chi connectivity index (χ3v) is 4.08. The van der Waals surface area contributed by atoms with Gasteiger partial charge in [0.15, 0.2) is 5.78 Å². The molecule has 0 amide bonds. The maximum absolute atomic E-state index is 11.8. The van der Waals surface area contributed by atoms with Crippen LogP contribution in [0, 0.1) is 0 Å². The van der Waals surface area contributed by atoms with Crippen molar-refractivity contribution in [2.45, 2.75) is 19.8 Å². The molecule has 0 heterocycles. The van der Waals surface area contributed by atoms with Crippen LogP contribution < -0.4 is 0 Å². The number of fused-ring (bicyclic) bond motifs is 1. The van der Waals surface area contributed by atoms with Gasteiger partial charge in [0.05, 0.1) is 0 Å². The van der Waals surface area contributed by atoms with Gasteiger partial charge in [0, 0.05) is 11.5 Å². The fourth-order valence-electron chi connectivity index (χ4n) is 2.85. The molecule has 0 aliphatic rings. The first-order valence-electron chi connectivity index (χ1n) is 7.25. The summed E-state index contributed by atoms with van der Waals surface area (Å²) in [7, 11) is 0. The molecule has 0 aliphatic carbocycles. The summed E-state index contributed by atoms with van der Waals surface area (Å²) in [4.78, 5) is 11.8. The van der Waals surface area contributed by atoms with Crippen LogP contribution in [0.25, 0.3) is 10.8 Å². The number of hydrogen-bond donors (Lipinski definition) is 0. The maximum atomic E-state index is 11.8. The molecule has 1 heteroatoms. The number of rotatable bonds is 3. The Morgan fingerprint density at radius 3 is 2.29 bits per heavy atom. The molecule has 0 aliphatic heterocycles. The third kappa shape index (κ3) is 2.59. The van der Waals surface area contributed by atoms with Crippen LogP contribution in [0.1, 0.15) is 41.3 Å². The highest BCUT2D eigenvalue weighted by Crippen LogP contribution is 2.29. The Morgan fingerprint density at radius 2 is 1.52 bits per heavy atom. The molecule has 1 atom stereocenters. The normalized spacial score (nSPS) is 12.3. The zero-order valence-electron chi connectivity index (χ0n) is 12.3. The SMILES string of the molecule is CC(=O)c1ccccc1C(C)c1ccc2ccccc2c1. The maximum Gasteiger partial charge on any atom is 0.160 e. The van der Waals surface area contributed by atoms with Crippen molar-refractivity contribution < 1.29 is 4.79 Å². The van der Waals surface area contributed by atoms with Crippen LogP contribution in [0.5, 0.6) is 0 Å². The Balaban J connectivity index is 2.08. The fraction of sp³-hybridized carbons (Fsp3) is 0.150. The van der Waals surface area contributed by atoms with E-state index in [0.29, 0.717) is 0 Å². The summed E-state index contributed by atoms with van der Waals surface area (Å²) in [5.41, 5.74) is 3.15. The van der Waals surface area contributed by atoms with E-state index in [9.17, 15) is 4.79 Å². The smallest absolute Gasteiger partial charge is 0.160 e. The van der Waals surface area contributed by atoms with E-state index in [1.54, 1.807) is 6.92 Å². The lowest BCUT2D eigenvalue weighted by Gasteiger charge is -2.16. The number of hydrogen-bond acceptors (Lipinski definition) is 1. The second-order valence-electron chi connectivity index (χ2n) is 5.47. The number of Topliss-reactive ketones (excluding diaryl/α,β-unsaturated/α-hetero) is 1. The van der Waals surface area contributed by atoms with Gasteiger partial charge in [-0.3, -0.25) is 4.79 Å². The summed E-state index contributed by atoms with van der Waals surface area (Å²) in [5.74, 6) is 0.327. The summed E-state index contributed by atoms with van der Waals surface area (Å²) >= 11 is 0. The summed E-state index contributed by atoms with van der Waals surface area (Å²) < 4.78 is 0. The highest BCUT2D eigenvalue weighted by Gasteiger charge is 2.14. The number of carbonyl (C=O) groups excluding carboxylic acids is 1. The van der Waals surface area contributed by atoms with Gasteiger partial charge in [0.2, 0.25) is 0 Å². The zero-order valence-corrected chi connectivity index (χ0v) is 12.3. The van der Waals surface area contributed by atoms with Gasteiger partial charge in [-0.15, -0.1) is 0 Å². The Bertz CT molecular complexity index is 802. The van der Waals surface area contributed by atoms with Crippen molar-refractivity contribution in [1.29, 1.82) is 0 Å².